The Morgan fingerprint density at radius 2 is 1.93 bits per heavy atom. The van der Waals surface area contributed by atoms with Crippen molar-refractivity contribution in [2.75, 3.05) is 7.11 Å². The van der Waals surface area contributed by atoms with E-state index in [4.69, 9.17) is 4.74 Å². The molecule has 0 saturated heterocycles. The Kier molecular flexibility index (Phi) is 4.60. The highest BCUT2D eigenvalue weighted by atomic mass is 16.5. The van der Waals surface area contributed by atoms with Crippen molar-refractivity contribution in [1.29, 1.82) is 0 Å². The lowest BCUT2D eigenvalue weighted by Crippen LogP contribution is -2.02. The van der Waals surface area contributed by atoms with E-state index in [0.29, 0.717) is 0 Å². The standard InChI is InChI=1S/C13H21NO/c1-5-8-11-9-10(6-2)12(7-3)13(14-11)15-4/h9H,5-8H2,1-4H3. The maximum atomic E-state index is 5.35. The summed E-state index contributed by atoms with van der Waals surface area (Å²) in [5, 5.41) is 0. The van der Waals surface area contributed by atoms with E-state index in [0.717, 1.165) is 37.3 Å². The lowest BCUT2D eigenvalue weighted by molar-refractivity contribution is 0.390. The first kappa shape index (κ1) is 12.0. The molecule has 1 aromatic heterocycles. The van der Waals surface area contributed by atoms with Crippen LogP contribution in [0.4, 0.5) is 0 Å². The predicted octanol–water partition coefficient (Wildman–Crippen LogP) is 3.17. The highest BCUT2D eigenvalue weighted by Gasteiger charge is 2.09. The van der Waals surface area contributed by atoms with Crippen LogP contribution in [0.3, 0.4) is 0 Å². The van der Waals surface area contributed by atoms with E-state index in [2.05, 4.69) is 31.8 Å². The lowest BCUT2D eigenvalue weighted by atomic mass is 10.0. The van der Waals surface area contributed by atoms with Crippen molar-refractivity contribution in [3.63, 3.8) is 0 Å². The van der Waals surface area contributed by atoms with Crippen molar-refractivity contribution in [3.8, 4) is 5.88 Å². The first-order chi connectivity index (χ1) is 7.26. The summed E-state index contributed by atoms with van der Waals surface area (Å²) in [5.74, 6) is 0.820. The molecule has 0 amide bonds. The van der Waals surface area contributed by atoms with Gasteiger partial charge in [0.25, 0.3) is 0 Å². The summed E-state index contributed by atoms with van der Waals surface area (Å²) in [6, 6.07) is 2.23. The van der Waals surface area contributed by atoms with Gasteiger partial charge in [0.15, 0.2) is 0 Å². The molecule has 15 heavy (non-hydrogen) atoms. The summed E-state index contributed by atoms with van der Waals surface area (Å²) in [7, 11) is 1.71. The number of hydrogen-bond acceptors (Lipinski definition) is 2. The van der Waals surface area contributed by atoms with E-state index < -0.39 is 0 Å². The summed E-state index contributed by atoms with van der Waals surface area (Å²) in [6.07, 6.45) is 4.21. The van der Waals surface area contributed by atoms with Crippen molar-refractivity contribution >= 4 is 0 Å². The Labute approximate surface area is 92.7 Å². The Hall–Kier alpha value is -1.05. The molecule has 84 valence electrons. The quantitative estimate of drug-likeness (QED) is 0.740. The van der Waals surface area contributed by atoms with Crippen LogP contribution in [0.1, 0.15) is 44.0 Å². The molecular formula is C13H21NO. The topological polar surface area (TPSA) is 22.1 Å². The van der Waals surface area contributed by atoms with Crippen LogP contribution >= 0.6 is 0 Å². The highest BCUT2D eigenvalue weighted by Crippen LogP contribution is 2.23. The number of aryl methyl sites for hydroxylation is 2. The highest BCUT2D eigenvalue weighted by molar-refractivity contribution is 5.37. The molecule has 0 radical (unpaired) electrons. The molecule has 0 spiro atoms. The molecule has 2 heteroatoms. The zero-order chi connectivity index (χ0) is 11.3. The average molecular weight is 207 g/mol. The second-order valence-corrected chi connectivity index (χ2v) is 3.72. The third kappa shape index (κ3) is 2.71. The molecule has 0 fully saturated rings. The van der Waals surface area contributed by atoms with E-state index in [1.807, 2.05) is 0 Å². The van der Waals surface area contributed by atoms with Crippen molar-refractivity contribution in [1.82, 2.24) is 4.98 Å². The molecular weight excluding hydrogens is 186 g/mol. The number of methoxy groups -OCH3 is 1. The van der Waals surface area contributed by atoms with Gasteiger partial charge in [-0.05, 0) is 30.9 Å². The van der Waals surface area contributed by atoms with E-state index in [-0.39, 0.29) is 0 Å². The number of pyridine rings is 1. The van der Waals surface area contributed by atoms with Crippen LogP contribution in [0.25, 0.3) is 0 Å². The Balaban J connectivity index is 3.16. The minimum absolute atomic E-state index is 0.820. The molecule has 0 unspecified atom stereocenters. The summed E-state index contributed by atoms with van der Waals surface area (Å²) in [6.45, 7) is 6.51. The molecule has 0 aliphatic rings. The van der Waals surface area contributed by atoms with Gasteiger partial charge in [-0.1, -0.05) is 27.2 Å². The Bertz CT molecular complexity index is 295. The van der Waals surface area contributed by atoms with Crippen molar-refractivity contribution in [2.45, 2.75) is 46.5 Å². The molecule has 0 aliphatic heterocycles. The van der Waals surface area contributed by atoms with E-state index in [9.17, 15) is 0 Å². The number of rotatable bonds is 5. The van der Waals surface area contributed by atoms with Crippen LogP contribution < -0.4 is 4.74 Å². The number of hydrogen-bond donors (Lipinski definition) is 0. The SMILES string of the molecule is CCCc1cc(CC)c(CC)c(OC)n1. The average Bonchev–Trinajstić information content (AvgIpc) is 2.28. The van der Waals surface area contributed by atoms with Crippen LogP contribution in [0.5, 0.6) is 5.88 Å². The molecule has 1 heterocycles. The van der Waals surface area contributed by atoms with E-state index >= 15 is 0 Å². The first-order valence-corrected chi connectivity index (χ1v) is 5.82. The lowest BCUT2D eigenvalue weighted by Gasteiger charge is -2.12. The van der Waals surface area contributed by atoms with Gasteiger partial charge in [-0.15, -0.1) is 0 Å². The van der Waals surface area contributed by atoms with Gasteiger partial charge >= 0.3 is 0 Å². The van der Waals surface area contributed by atoms with Crippen molar-refractivity contribution in [3.05, 3.63) is 22.9 Å². The van der Waals surface area contributed by atoms with Crippen LogP contribution in [-0.4, -0.2) is 12.1 Å². The van der Waals surface area contributed by atoms with Gasteiger partial charge in [-0.3, -0.25) is 0 Å². The van der Waals surface area contributed by atoms with Gasteiger partial charge in [0, 0.05) is 11.3 Å². The molecule has 0 bridgehead atoms. The summed E-state index contributed by atoms with van der Waals surface area (Å²) < 4.78 is 5.35. The predicted molar refractivity (Wildman–Crippen MR) is 63.5 cm³/mol. The number of ether oxygens (including phenoxy) is 1. The largest absolute Gasteiger partial charge is 0.481 e. The van der Waals surface area contributed by atoms with Gasteiger partial charge < -0.3 is 4.74 Å². The minimum atomic E-state index is 0.820. The van der Waals surface area contributed by atoms with Gasteiger partial charge in [0.1, 0.15) is 0 Å². The molecule has 1 aromatic rings. The van der Waals surface area contributed by atoms with E-state index in [1.54, 1.807) is 7.11 Å². The zero-order valence-corrected chi connectivity index (χ0v) is 10.3. The van der Waals surface area contributed by atoms with Crippen LogP contribution in [0, 0.1) is 0 Å². The third-order valence-electron chi connectivity index (χ3n) is 2.67. The van der Waals surface area contributed by atoms with Crippen molar-refractivity contribution in [2.24, 2.45) is 0 Å². The maximum Gasteiger partial charge on any atom is 0.216 e. The first-order valence-electron chi connectivity index (χ1n) is 5.82. The fourth-order valence-electron chi connectivity index (χ4n) is 1.90. The van der Waals surface area contributed by atoms with E-state index in [1.165, 1.54) is 11.1 Å². The molecule has 1 rings (SSSR count). The number of aromatic nitrogens is 1. The smallest absolute Gasteiger partial charge is 0.216 e. The molecule has 0 aromatic carbocycles. The minimum Gasteiger partial charge on any atom is -0.481 e. The van der Waals surface area contributed by atoms with Gasteiger partial charge in [0.2, 0.25) is 5.88 Å². The second-order valence-electron chi connectivity index (χ2n) is 3.72. The monoisotopic (exact) mass is 207 g/mol. The summed E-state index contributed by atoms with van der Waals surface area (Å²) >= 11 is 0. The molecule has 0 N–H and O–H groups in total. The van der Waals surface area contributed by atoms with Gasteiger partial charge in [-0.25, -0.2) is 4.98 Å². The van der Waals surface area contributed by atoms with Crippen LogP contribution in [0.2, 0.25) is 0 Å². The van der Waals surface area contributed by atoms with Crippen molar-refractivity contribution < 1.29 is 4.74 Å². The fourth-order valence-corrected chi connectivity index (χ4v) is 1.90. The third-order valence-corrected chi connectivity index (χ3v) is 2.67. The Morgan fingerprint density at radius 3 is 2.40 bits per heavy atom. The molecule has 0 saturated carbocycles. The molecule has 0 atom stereocenters. The van der Waals surface area contributed by atoms with Gasteiger partial charge in [-0.2, -0.15) is 0 Å². The fraction of sp³-hybridized carbons (Fsp3) is 0.615. The molecule has 2 nitrogen and oxygen atoms in total. The number of nitrogens with zero attached hydrogens (tertiary/aromatic N) is 1. The molecule has 0 aliphatic carbocycles. The maximum absolute atomic E-state index is 5.35. The summed E-state index contributed by atoms with van der Waals surface area (Å²) in [4.78, 5) is 4.54. The normalized spacial score (nSPS) is 10.4. The van der Waals surface area contributed by atoms with Crippen LogP contribution in [0.15, 0.2) is 6.07 Å². The van der Waals surface area contributed by atoms with Gasteiger partial charge in [0.05, 0.1) is 7.11 Å². The Morgan fingerprint density at radius 1 is 1.20 bits per heavy atom. The summed E-state index contributed by atoms with van der Waals surface area (Å²) in [5.41, 5.74) is 3.80. The van der Waals surface area contributed by atoms with Crippen LogP contribution in [-0.2, 0) is 19.3 Å². The second kappa shape index (κ2) is 5.74. The zero-order valence-electron chi connectivity index (χ0n) is 10.3.